The number of hydrogen-bond donors (Lipinski definition) is 1. The fourth-order valence-electron chi connectivity index (χ4n) is 3.17. The number of hydrogen-bond acceptors (Lipinski definition) is 5. The van der Waals surface area contributed by atoms with Crippen molar-refractivity contribution < 1.29 is 13.9 Å². The standard InChI is InChI=1S/C23H21N3O4/c1-3-29-17-8-9-18-19(13-22(27)30-20(18)12-17)23(28)24-21-10-11-26(25-21)14-16-6-4-15(2)5-7-16/h4-13H,3,14H2,1-2H3,(H,24,25,28). The van der Waals surface area contributed by atoms with Gasteiger partial charge in [-0.2, -0.15) is 5.10 Å². The van der Waals surface area contributed by atoms with Gasteiger partial charge in [-0.1, -0.05) is 29.8 Å². The van der Waals surface area contributed by atoms with E-state index in [0.717, 1.165) is 5.56 Å². The van der Waals surface area contributed by atoms with Gasteiger partial charge in [-0.15, -0.1) is 0 Å². The van der Waals surface area contributed by atoms with Gasteiger partial charge in [-0.3, -0.25) is 9.48 Å². The molecule has 2 aromatic carbocycles. The smallest absolute Gasteiger partial charge is 0.337 e. The first-order valence-electron chi connectivity index (χ1n) is 9.63. The van der Waals surface area contributed by atoms with E-state index >= 15 is 0 Å². The second kappa shape index (κ2) is 8.24. The topological polar surface area (TPSA) is 86.4 Å². The molecule has 2 heterocycles. The van der Waals surface area contributed by atoms with Crippen LogP contribution in [-0.4, -0.2) is 22.3 Å². The summed E-state index contributed by atoms with van der Waals surface area (Å²) in [6, 6.07) is 16.1. The number of fused-ring (bicyclic) bond motifs is 1. The summed E-state index contributed by atoms with van der Waals surface area (Å²) >= 11 is 0. The van der Waals surface area contributed by atoms with Gasteiger partial charge < -0.3 is 14.5 Å². The van der Waals surface area contributed by atoms with Gasteiger partial charge in [-0.05, 0) is 31.5 Å². The number of aryl methyl sites for hydroxylation is 1. The summed E-state index contributed by atoms with van der Waals surface area (Å²) in [7, 11) is 0. The molecule has 30 heavy (non-hydrogen) atoms. The molecular formula is C23H21N3O4. The highest BCUT2D eigenvalue weighted by Gasteiger charge is 2.15. The fraction of sp³-hybridized carbons (Fsp3) is 0.174. The van der Waals surface area contributed by atoms with Crippen molar-refractivity contribution in [1.29, 1.82) is 0 Å². The minimum Gasteiger partial charge on any atom is -0.494 e. The van der Waals surface area contributed by atoms with Crippen molar-refractivity contribution in [2.24, 2.45) is 0 Å². The number of nitrogens with zero attached hydrogens (tertiary/aromatic N) is 2. The lowest BCUT2D eigenvalue weighted by molar-refractivity contribution is 0.102. The lowest BCUT2D eigenvalue weighted by Gasteiger charge is -2.08. The van der Waals surface area contributed by atoms with Crippen molar-refractivity contribution in [2.45, 2.75) is 20.4 Å². The molecular weight excluding hydrogens is 382 g/mol. The van der Waals surface area contributed by atoms with E-state index in [1.165, 1.54) is 11.6 Å². The van der Waals surface area contributed by atoms with Gasteiger partial charge in [0.15, 0.2) is 5.82 Å². The largest absolute Gasteiger partial charge is 0.494 e. The molecule has 0 saturated heterocycles. The molecule has 0 atom stereocenters. The molecule has 0 spiro atoms. The Bertz CT molecular complexity index is 1260. The van der Waals surface area contributed by atoms with Gasteiger partial charge in [0.05, 0.1) is 18.7 Å². The van der Waals surface area contributed by atoms with Crippen molar-refractivity contribution in [1.82, 2.24) is 9.78 Å². The zero-order chi connectivity index (χ0) is 21.1. The van der Waals surface area contributed by atoms with E-state index in [1.807, 2.05) is 38.1 Å². The van der Waals surface area contributed by atoms with Crippen LogP contribution in [0, 0.1) is 6.92 Å². The number of ether oxygens (including phenoxy) is 1. The Morgan fingerprint density at radius 1 is 1.13 bits per heavy atom. The summed E-state index contributed by atoms with van der Waals surface area (Å²) in [5.41, 5.74) is 2.21. The molecule has 0 aliphatic carbocycles. The van der Waals surface area contributed by atoms with Crippen LogP contribution >= 0.6 is 0 Å². The zero-order valence-corrected chi connectivity index (χ0v) is 16.7. The number of carbonyl (C=O) groups is 1. The van der Waals surface area contributed by atoms with Gasteiger partial charge >= 0.3 is 5.63 Å². The predicted molar refractivity (Wildman–Crippen MR) is 114 cm³/mol. The number of amides is 1. The molecule has 0 bridgehead atoms. The third kappa shape index (κ3) is 4.25. The summed E-state index contributed by atoms with van der Waals surface area (Å²) in [6.45, 7) is 4.98. The van der Waals surface area contributed by atoms with Gasteiger partial charge in [0.1, 0.15) is 11.3 Å². The van der Waals surface area contributed by atoms with E-state index in [9.17, 15) is 9.59 Å². The molecule has 0 unspecified atom stereocenters. The third-order valence-electron chi connectivity index (χ3n) is 4.62. The number of aromatic nitrogens is 2. The summed E-state index contributed by atoms with van der Waals surface area (Å²) in [5.74, 6) is 0.539. The third-order valence-corrected chi connectivity index (χ3v) is 4.62. The zero-order valence-electron chi connectivity index (χ0n) is 16.7. The van der Waals surface area contributed by atoms with Crippen LogP contribution in [0.25, 0.3) is 11.0 Å². The number of benzene rings is 2. The van der Waals surface area contributed by atoms with Crippen LogP contribution < -0.4 is 15.7 Å². The van der Waals surface area contributed by atoms with Crippen LogP contribution in [0.3, 0.4) is 0 Å². The van der Waals surface area contributed by atoms with Crippen LogP contribution in [0.15, 0.2) is 70.0 Å². The molecule has 1 N–H and O–H groups in total. The van der Waals surface area contributed by atoms with E-state index in [4.69, 9.17) is 9.15 Å². The molecule has 7 heteroatoms. The molecule has 0 fully saturated rings. The van der Waals surface area contributed by atoms with E-state index in [1.54, 1.807) is 35.1 Å². The summed E-state index contributed by atoms with van der Waals surface area (Å²) in [6.07, 6.45) is 1.79. The molecule has 0 saturated carbocycles. The second-order valence-corrected chi connectivity index (χ2v) is 6.91. The Hall–Kier alpha value is -3.87. The first kappa shape index (κ1) is 19.4. The lowest BCUT2D eigenvalue weighted by atomic mass is 10.1. The average molecular weight is 403 g/mol. The van der Waals surface area contributed by atoms with Crippen LogP contribution in [0.4, 0.5) is 5.82 Å². The predicted octanol–water partition coefficient (Wildman–Crippen LogP) is 4.00. The highest BCUT2D eigenvalue weighted by molar-refractivity contribution is 6.11. The van der Waals surface area contributed by atoms with Gasteiger partial charge in [0.2, 0.25) is 0 Å². The molecule has 2 aromatic heterocycles. The van der Waals surface area contributed by atoms with Crippen molar-refractivity contribution in [2.75, 3.05) is 11.9 Å². The molecule has 7 nitrogen and oxygen atoms in total. The maximum atomic E-state index is 12.8. The number of rotatable bonds is 6. The maximum Gasteiger partial charge on any atom is 0.337 e. The minimum absolute atomic E-state index is 0.220. The first-order valence-corrected chi connectivity index (χ1v) is 9.63. The van der Waals surface area contributed by atoms with Gasteiger partial charge in [0, 0.05) is 29.8 Å². The molecule has 1 amide bonds. The molecule has 4 rings (SSSR count). The second-order valence-electron chi connectivity index (χ2n) is 6.91. The Kier molecular flexibility index (Phi) is 5.34. The fourth-order valence-corrected chi connectivity index (χ4v) is 3.17. The SMILES string of the molecule is CCOc1ccc2c(C(=O)Nc3ccn(Cc4ccc(C)cc4)n3)cc(=O)oc2c1. The van der Waals surface area contributed by atoms with Crippen molar-refractivity contribution in [3.63, 3.8) is 0 Å². The monoisotopic (exact) mass is 403 g/mol. The van der Waals surface area contributed by atoms with Crippen molar-refractivity contribution in [3.05, 3.63) is 87.9 Å². The number of anilines is 1. The van der Waals surface area contributed by atoms with E-state index in [-0.39, 0.29) is 5.56 Å². The lowest BCUT2D eigenvalue weighted by Crippen LogP contribution is -2.16. The molecule has 0 aliphatic rings. The van der Waals surface area contributed by atoms with Crippen LogP contribution in [-0.2, 0) is 6.54 Å². The van der Waals surface area contributed by atoms with Crippen molar-refractivity contribution in [3.8, 4) is 5.75 Å². The Labute approximate surface area is 172 Å². The normalized spacial score (nSPS) is 10.9. The first-order chi connectivity index (χ1) is 14.5. The average Bonchev–Trinajstić information content (AvgIpc) is 3.15. The molecule has 4 aromatic rings. The molecule has 152 valence electrons. The van der Waals surface area contributed by atoms with E-state index in [0.29, 0.717) is 35.7 Å². The highest BCUT2D eigenvalue weighted by Crippen LogP contribution is 2.23. The maximum absolute atomic E-state index is 12.8. The quantitative estimate of drug-likeness (QED) is 0.492. The van der Waals surface area contributed by atoms with Crippen LogP contribution in [0.2, 0.25) is 0 Å². The highest BCUT2D eigenvalue weighted by atomic mass is 16.5. The Balaban J connectivity index is 1.55. The summed E-state index contributed by atoms with van der Waals surface area (Å²) in [5, 5.41) is 7.67. The number of nitrogens with one attached hydrogen (secondary N) is 1. The Morgan fingerprint density at radius 2 is 1.93 bits per heavy atom. The summed E-state index contributed by atoms with van der Waals surface area (Å²) < 4.78 is 12.4. The van der Waals surface area contributed by atoms with Gasteiger partial charge in [0.25, 0.3) is 5.91 Å². The van der Waals surface area contributed by atoms with Crippen LogP contribution in [0.5, 0.6) is 5.75 Å². The van der Waals surface area contributed by atoms with Gasteiger partial charge in [-0.25, -0.2) is 4.79 Å². The Morgan fingerprint density at radius 3 is 2.70 bits per heavy atom. The number of carbonyl (C=O) groups excluding carboxylic acids is 1. The van der Waals surface area contributed by atoms with E-state index < -0.39 is 11.5 Å². The minimum atomic E-state index is -0.605. The molecule has 0 aliphatic heterocycles. The summed E-state index contributed by atoms with van der Waals surface area (Å²) in [4.78, 5) is 24.8. The molecule has 0 radical (unpaired) electrons. The van der Waals surface area contributed by atoms with Crippen molar-refractivity contribution >= 4 is 22.7 Å². The van der Waals surface area contributed by atoms with Crippen LogP contribution in [0.1, 0.15) is 28.4 Å². The van der Waals surface area contributed by atoms with E-state index in [2.05, 4.69) is 10.4 Å².